The summed E-state index contributed by atoms with van der Waals surface area (Å²) in [7, 11) is 0. The summed E-state index contributed by atoms with van der Waals surface area (Å²) in [6.45, 7) is 4.50. The third-order valence-corrected chi connectivity index (χ3v) is 0.428. The van der Waals surface area contributed by atoms with Gasteiger partial charge in [0.1, 0.15) is 0 Å². The Hall–Kier alpha value is -1.23. The summed E-state index contributed by atoms with van der Waals surface area (Å²) < 4.78 is 4.33. The van der Waals surface area contributed by atoms with Crippen LogP contribution in [-0.2, 0) is 9.53 Å². The van der Waals surface area contributed by atoms with Crippen LogP contribution in [0.2, 0.25) is 0 Å². The Morgan fingerprint density at radius 1 is 1.88 bits per heavy atom. The average molecular weight is 110 g/mol. The van der Waals surface area contributed by atoms with Crippen molar-refractivity contribution in [2.24, 2.45) is 0 Å². The van der Waals surface area contributed by atoms with Crippen molar-refractivity contribution in [2.75, 3.05) is 0 Å². The zero-order chi connectivity index (χ0) is 6.57. The summed E-state index contributed by atoms with van der Waals surface area (Å²) in [5.74, 6) is 1.67. The molecule has 0 amide bonds. The van der Waals surface area contributed by atoms with Crippen molar-refractivity contribution in [2.45, 2.75) is 6.92 Å². The number of carbonyl (C=O) groups is 1. The van der Waals surface area contributed by atoms with Crippen LogP contribution in [0, 0.1) is 12.3 Å². The van der Waals surface area contributed by atoms with Crippen molar-refractivity contribution in [1.82, 2.24) is 0 Å². The average Bonchev–Trinajstić information content (AvgIpc) is 1.65. The second-order valence-electron chi connectivity index (χ2n) is 1.16. The van der Waals surface area contributed by atoms with Crippen LogP contribution in [0.4, 0.5) is 0 Å². The van der Waals surface area contributed by atoms with Gasteiger partial charge in [-0.1, -0.05) is 0 Å². The maximum Gasteiger partial charge on any atom is 0.308 e. The lowest BCUT2D eigenvalue weighted by Gasteiger charge is -1.92. The second-order valence-corrected chi connectivity index (χ2v) is 1.16. The van der Waals surface area contributed by atoms with Crippen molar-refractivity contribution in [3.63, 3.8) is 0 Å². The second kappa shape index (κ2) is 2.86. The Morgan fingerprint density at radius 3 is 2.50 bits per heavy atom. The lowest BCUT2D eigenvalue weighted by Crippen LogP contribution is -1.94. The molecule has 0 aromatic heterocycles. The molecule has 0 spiro atoms. The van der Waals surface area contributed by atoms with Crippen LogP contribution >= 0.6 is 0 Å². The smallest absolute Gasteiger partial charge is 0.308 e. The third-order valence-electron chi connectivity index (χ3n) is 0.428. The summed E-state index contributed by atoms with van der Waals surface area (Å²) in [5, 5.41) is 0. The molecule has 0 saturated carbocycles. The van der Waals surface area contributed by atoms with Gasteiger partial charge in [0.05, 0.1) is 0 Å². The van der Waals surface area contributed by atoms with E-state index >= 15 is 0 Å². The summed E-state index contributed by atoms with van der Waals surface area (Å²) in [5.41, 5.74) is 0. The maximum absolute atomic E-state index is 10.0. The molecule has 0 rings (SSSR count). The molecular weight excluding hydrogens is 104 g/mol. The first-order chi connectivity index (χ1) is 3.66. The van der Waals surface area contributed by atoms with Gasteiger partial charge in [-0.3, -0.25) is 4.79 Å². The fraction of sp³-hybridized carbons (Fsp3) is 0.167. The molecule has 0 aromatic rings. The monoisotopic (exact) mass is 110 g/mol. The molecule has 0 aromatic carbocycles. The maximum atomic E-state index is 10.0. The number of ether oxygens (including phenoxy) is 1. The third kappa shape index (κ3) is 2.98. The minimum absolute atomic E-state index is 0.0532. The van der Waals surface area contributed by atoms with Crippen LogP contribution in [0.5, 0.6) is 0 Å². The number of hydrogen-bond acceptors (Lipinski definition) is 2. The standard InChI is InChI=1S/C6H6O2/c1-4-5(2)8-6(3)7/h1H,2H2,3H3. The van der Waals surface area contributed by atoms with E-state index in [1.807, 2.05) is 0 Å². The van der Waals surface area contributed by atoms with Crippen molar-refractivity contribution >= 4 is 5.97 Å². The Labute approximate surface area is 48.1 Å². The Bertz CT molecular complexity index is 150. The molecule has 0 radical (unpaired) electrons. The van der Waals surface area contributed by atoms with Gasteiger partial charge >= 0.3 is 5.97 Å². The highest BCUT2D eigenvalue weighted by atomic mass is 16.5. The van der Waals surface area contributed by atoms with Gasteiger partial charge in [0.2, 0.25) is 0 Å². The molecule has 0 heterocycles. The number of carbonyl (C=O) groups excluding carboxylic acids is 1. The van der Waals surface area contributed by atoms with Crippen molar-refractivity contribution in [3.8, 4) is 12.3 Å². The van der Waals surface area contributed by atoms with Gasteiger partial charge in [-0.25, -0.2) is 0 Å². The van der Waals surface area contributed by atoms with Gasteiger partial charge in [0.15, 0.2) is 5.76 Å². The molecule has 2 heteroatoms. The minimum atomic E-state index is -0.437. The first kappa shape index (κ1) is 6.77. The molecule has 0 aliphatic carbocycles. The van der Waals surface area contributed by atoms with Crippen LogP contribution in [0.15, 0.2) is 12.3 Å². The van der Waals surface area contributed by atoms with Crippen LogP contribution in [0.3, 0.4) is 0 Å². The summed E-state index contributed by atoms with van der Waals surface area (Å²) >= 11 is 0. The van der Waals surface area contributed by atoms with Crippen molar-refractivity contribution in [1.29, 1.82) is 0 Å². The summed E-state index contributed by atoms with van der Waals surface area (Å²) in [4.78, 5) is 10.0. The van der Waals surface area contributed by atoms with E-state index in [1.54, 1.807) is 0 Å². The van der Waals surface area contributed by atoms with E-state index in [1.165, 1.54) is 6.92 Å². The Morgan fingerprint density at radius 2 is 2.38 bits per heavy atom. The topological polar surface area (TPSA) is 26.3 Å². The van der Waals surface area contributed by atoms with E-state index < -0.39 is 5.97 Å². The van der Waals surface area contributed by atoms with Gasteiger partial charge in [-0.2, -0.15) is 0 Å². The Kier molecular flexibility index (Phi) is 2.42. The van der Waals surface area contributed by atoms with Gasteiger partial charge in [0, 0.05) is 6.92 Å². The number of rotatable bonds is 1. The zero-order valence-corrected chi connectivity index (χ0v) is 4.60. The predicted octanol–water partition coefficient (Wildman–Crippen LogP) is 0.696. The molecule has 0 aliphatic rings. The first-order valence-corrected chi connectivity index (χ1v) is 2.00. The molecule has 8 heavy (non-hydrogen) atoms. The highest BCUT2D eigenvalue weighted by molar-refractivity contribution is 5.67. The van der Waals surface area contributed by atoms with E-state index in [0.717, 1.165) is 0 Å². The van der Waals surface area contributed by atoms with E-state index in [9.17, 15) is 4.79 Å². The van der Waals surface area contributed by atoms with Crippen LogP contribution < -0.4 is 0 Å². The Balaban J connectivity index is 3.61. The molecule has 0 saturated heterocycles. The number of terminal acetylenes is 1. The molecule has 0 aliphatic heterocycles. The number of hydrogen-bond donors (Lipinski definition) is 0. The number of esters is 1. The molecule has 0 atom stereocenters. The SMILES string of the molecule is C#CC(=C)OC(C)=O. The summed E-state index contributed by atoms with van der Waals surface area (Å²) in [6.07, 6.45) is 4.79. The lowest BCUT2D eigenvalue weighted by atomic mass is 10.6. The normalized spacial score (nSPS) is 7.00. The summed E-state index contributed by atoms with van der Waals surface area (Å²) in [6, 6.07) is 0. The molecule has 0 N–H and O–H groups in total. The van der Waals surface area contributed by atoms with Crippen LogP contribution in [0.1, 0.15) is 6.92 Å². The minimum Gasteiger partial charge on any atom is -0.418 e. The fourth-order valence-corrected chi connectivity index (χ4v) is 0.203. The zero-order valence-electron chi connectivity index (χ0n) is 4.60. The van der Waals surface area contributed by atoms with Gasteiger partial charge in [0.25, 0.3) is 0 Å². The van der Waals surface area contributed by atoms with Crippen molar-refractivity contribution < 1.29 is 9.53 Å². The van der Waals surface area contributed by atoms with Crippen LogP contribution in [0.25, 0.3) is 0 Å². The first-order valence-electron chi connectivity index (χ1n) is 2.00. The van der Waals surface area contributed by atoms with E-state index in [-0.39, 0.29) is 5.76 Å². The van der Waals surface area contributed by atoms with Crippen molar-refractivity contribution in [3.05, 3.63) is 12.3 Å². The largest absolute Gasteiger partial charge is 0.418 e. The lowest BCUT2D eigenvalue weighted by molar-refractivity contribution is -0.136. The molecule has 0 fully saturated rings. The van der Waals surface area contributed by atoms with E-state index in [2.05, 4.69) is 17.2 Å². The van der Waals surface area contributed by atoms with E-state index in [4.69, 9.17) is 6.42 Å². The quantitative estimate of drug-likeness (QED) is 0.282. The number of allylic oxidation sites excluding steroid dienone is 1. The van der Waals surface area contributed by atoms with Crippen LogP contribution in [-0.4, -0.2) is 5.97 Å². The van der Waals surface area contributed by atoms with Gasteiger partial charge in [-0.05, 0) is 12.5 Å². The molecule has 0 bridgehead atoms. The van der Waals surface area contributed by atoms with E-state index in [0.29, 0.717) is 0 Å². The predicted molar refractivity (Wildman–Crippen MR) is 29.7 cm³/mol. The van der Waals surface area contributed by atoms with Gasteiger partial charge in [-0.15, -0.1) is 6.42 Å². The highest BCUT2D eigenvalue weighted by Gasteiger charge is 1.90. The fourth-order valence-electron chi connectivity index (χ4n) is 0.203. The van der Waals surface area contributed by atoms with Gasteiger partial charge < -0.3 is 4.74 Å². The molecule has 0 unspecified atom stereocenters. The molecule has 42 valence electrons. The molecule has 2 nitrogen and oxygen atoms in total. The molecular formula is C6H6O2. The highest BCUT2D eigenvalue weighted by Crippen LogP contribution is 1.88.